The number of amides is 1. The number of carbonyl (C=O) groups is 1. The third kappa shape index (κ3) is 5.80. The second-order valence-corrected chi connectivity index (χ2v) is 8.59. The molecule has 156 valence electrons. The van der Waals surface area contributed by atoms with Crippen LogP contribution in [0.5, 0.6) is 5.75 Å². The van der Waals surface area contributed by atoms with Crippen LogP contribution in [0.4, 0.5) is 0 Å². The molecule has 1 atom stereocenters. The number of hydrogen-bond donors (Lipinski definition) is 1. The zero-order valence-corrected chi connectivity index (χ0v) is 19.0. The van der Waals surface area contributed by atoms with E-state index in [1.54, 1.807) is 18.9 Å². The van der Waals surface area contributed by atoms with E-state index < -0.39 is 0 Å². The van der Waals surface area contributed by atoms with Gasteiger partial charge in [-0.05, 0) is 72.5 Å². The molecule has 0 aromatic heterocycles. The monoisotopic (exact) mass is 439 g/mol. The van der Waals surface area contributed by atoms with Crippen molar-refractivity contribution in [2.24, 2.45) is 0 Å². The van der Waals surface area contributed by atoms with E-state index >= 15 is 0 Å². The molecule has 1 N–H and O–H groups in total. The topological polar surface area (TPSA) is 38.3 Å². The van der Waals surface area contributed by atoms with Gasteiger partial charge in [0.2, 0.25) is 0 Å². The number of hydrogen-bond acceptors (Lipinski definition) is 3. The van der Waals surface area contributed by atoms with Crippen LogP contribution in [-0.4, -0.2) is 13.0 Å². The van der Waals surface area contributed by atoms with E-state index in [1.807, 2.05) is 67.6 Å². The van der Waals surface area contributed by atoms with Gasteiger partial charge in [-0.1, -0.05) is 42.8 Å². The fourth-order valence-electron chi connectivity index (χ4n) is 3.23. The first-order valence-electron chi connectivity index (χ1n) is 9.93. The van der Waals surface area contributed by atoms with Crippen molar-refractivity contribution >= 4 is 29.3 Å². The second kappa shape index (κ2) is 10.6. The van der Waals surface area contributed by atoms with Gasteiger partial charge in [-0.15, -0.1) is 11.8 Å². The van der Waals surface area contributed by atoms with Crippen LogP contribution < -0.4 is 10.1 Å². The number of ether oxygens (including phenoxy) is 1. The van der Waals surface area contributed by atoms with E-state index in [0.717, 1.165) is 34.1 Å². The highest BCUT2D eigenvalue weighted by Gasteiger charge is 2.15. The molecular formula is C25H26ClNO2S. The summed E-state index contributed by atoms with van der Waals surface area (Å²) in [6.07, 6.45) is 0.813. The SMILES string of the molecule is CCC(NC(=O)c1ccc(CSc2ccc(Cl)cc2)cc1)c1ccc(OC)c(C)c1. The Labute approximate surface area is 187 Å². The summed E-state index contributed by atoms with van der Waals surface area (Å²) >= 11 is 7.67. The van der Waals surface area contributed by atoms with Gasteiger partial charge >= 0.3 is 0 Å². The summed E-state index contributed by atoms with van der Waals surface area (Å²) in [4.78, 5) is 13.9. The minimum Gasteiger partial charge on any atom is -0.496 e. The Hall–Kier alpha value is -2.43. The largest absolute Gasteiger partial charge is 0.496 e. The molecule has 0 bridgehead atoms. The summed E-state index contributed by atoms with van der Waals surface area (Å²) < 4.78 is 5.33. The van der Waals surface area contributed by atoms with Gasteiger partial charge in [-0.2, -0.15) is 0 Å². The summed E-state index contributed by atoms with van der Waals surface area (Å²) in [5.41, 5.74) is 3.98. The predicted molar refractivity (Wildman–Crippen MR) is 126 cm³/mol. The van der Waals surface area contributed by atoms with Gasteiger partial charge in [-0.25, -0.2) is 0 Å². The number of aryl methyl sites for hydroxylation is 1. The van der Waals surface area contributed by atoms with Gasteiger partial charge in [0.05, 0.1) is 13.2 Å². The quantitative estimate of drug-likeness (QED) is 0.391. The number of nitrogens with one attached hydrogen (secondary N) is 1. The minimum atomic E-state index is -0.0628. The number of carbonyl (C=O) groups excluding carboxylic acids is 1. The molecule has 0 saturated carbocycles. The molecular weight excluding hydrogens is 414 g/mol. The summed E-state index contributed by atoms with van der Waals surface area (Å²) in [5, 5.41) is 3.89. The smallest absolute Gasteiger partial charge is 0.251 e. The molecule has 0 aliphatic rings. The van der Waals surface area contributed by atoms with E-state index in [4.69, 9.17) is 16.3 Å². The molecule has 3 rings (SSSR count). The highest BCUT2D eigenvalue weighted by atomic mass is 35.5. The van der Waals surface area contributed by atoms with Crippen molar-refractivity contribution in [2.75, 3.05) is 7.11 Å². The van der Waals surface area contributed by atoms with E-state index in [1.165, 1.54) is 10.5 Å². The Morgan fingerprint density at radius 1 is 1.07 bits per heavy atom. The van der Waals surface area contributed by atoms with Gasteiger partial charge in [-0.3, -0.25) is 4.79 Å². The van der Waals surface area contributed by atoms with Crippen LogP contribution in [0.15, 0.2) is 71.6 Å². The van der Waals surface area contributed by atoms with Crippen molar-refractivity contribution in [3.05, 3.63) is 94.0 Å². The fraction of sp³-hybridized carbons (Fsp3) is 0.240. The summed E-state index contributed by atoms with van der Waals surface area (Å²) in [6, 6.07) is 21.6. The first kappa shape index (κ1) is 22.3. The molecule has 0 heterocycles. The fourth-order valence-corrected chi connectivity index (χ4v) is 4.21. The Bertz CT molecular complexity index is 987. The lowest BCUT2D eigenvalue weighted by Crippen LogP contribution is -2.28. The van der Waals surface area contributed by atoms with Gasteiger partial charge in [0.15, 0.2) is 0 Å². The third-order valence-electron chi connectivity index (χ3n) is 4.97. The average molecular weight is 440 g/mol. The molecule has 1 unspecified atom stereocenters. The molecule has 3 nitrogen and oxygen atoms in total. The van der Waals surface area contributed by atoms with Crippen LogP contribution in [0.2, 0.25) is 5.02 Å². The first-order chi connectivity index (χ1) is 14.5. The number of methoxy groups -OCH3 is 1. The maximum Gasteiger partial charge on any atom is 0.251 e. The lowest BCUT2D eigenvalue weighted by molar-refractivity contribution is 0.0935. The minimum absolute atomic E-state index is 0.0396. The molecule has 0 saturated heterocycles. The predicted octanol–water partition coefficient (Wildman–Crippen LogP) is 6.83. The highest BCUT2D eigenvalue weighted by Crippen LogP contribution is 2.26. The maximum atomic E-state index is 12.8. The molecule has 1 amide bonds. The zero-order chi connectivity index (χ0) is 21.5. The lowest BCUT2D eigenvalue weighted by atomic mass is 10.0. The van der Waals surface area contributed by atoms with E-state index in [9.17, 15) is 4.79 Å². The second-order valence-electron chi connectivity index (χ2n) is 7.10. The molecule has 3 aromatic rings. The summed E-state index contributed by atoms with van der Waals surface area (Å²) in [6.45, 7) is 4.08. The Morgan fingerprint density at radius 2 is 1.77 bits per heavy atom. The zero-order valence-electron chi connectivity index (χ0n) is 17.4. The van der Waals surface area contributed by atoms with Crippen molar-refractivity contribution in [3.63, 3.8) is 0 Å². The molecule has 0 radical (unpaired) electrons. The Morgan fingerprint density at radius 3 is 2.37 bits per heavy atom. The van der Waals surface area contributed by atoms with Crippen molar-refractivity contribution in [3.8, 4) is 5.75 Å². The number of benzene rings is 3. The third-order valence-corrected chi connectivity index (χ3v) is 6.31. The van der Waals surface area contributed by atoms with Crippen molar-refractivity contribution in [1.82, 2.24) is 5.32 Å². The maximum absolute atomic E-state index is 12.8. The van der Waals surface area contributed by atoms with Crippen LogP contribution >= 0.6 is 23.4 Å². The molecule has 0 aliphatic carbocycles. The molecule has 0 aliphatic heterocycles. The van der Waals surface area contributed by atoms with Crippen molar-refractivity contribution in [2.45, 2.75) is 37.0 Å². The number of halogens is 1. The molecule has 0 fully saturated rings. The van der Waals surface area contributed by atoms with E-state index in [-0.39, 0.29) is 11.9 Å². The molecule has 5 heteroatoms. The Balaban J connectivity index is 1.61. The van der Waals surface area contributed by atoms with Gasteiger partial charge < -0.3 is 10.1 Å². The van der Waals surface area contributed by atoms with Gasteiger partial charge in [0, 0.05) is 21.2 Å². The summed E-state index contributed by atoms with van der Waals surface area (Å²) in [5.74, 6) is 1.63. The van der Waals surface area contributed by atoms with Crippen molar-refractivity contribution < 1.29 is 9.53 Å². The normalized spacial score (nSPS) is 11.7. The van der Waals surface area contributed by atoms with Crippen LogP contribution in [-0.2, 0) is 5.75 Å². The average Bonchev–Trinajstić information content (AvgIpc) is 2.77. The van der Waals surface area contributed by atoms with Crippen LogP contribution in [0, 0.1) is 6.92 Å². The molecule has 0 spiro atoms. The van der Waals surface area contributed by atoms with E-state index in [0.29, 0.717) is 5.56 Å². The molecule has 30 heavy (non-hydrogen) atoms. The van der Waals surface area contributed by atoms with Gasteiger partial charge in [0.1, 0.15) is 5.75 Å². The van der Waals surface area contributed by atoms with Crippen molar-refractivity contribution in [1.29, 1.82) is 0 Å². The Kier molecular flexibility index (Phi) is 7.83. The van der Waals surface area contributed by atoms with Crippen LogP contribution in [0.1, 0.15) is 46.4 Å². The highest BCUT2D eigenvalue weighted by molar-refractivity contribution is 7.98. The number of rotatable bonds is 8. The van der Waals surface area contributed by atoms with E-state index in [2.05, 4.69) is 18.3 Å². The number of thioether (sulfide) groups is 1. The first-order valence-corrected chi connectivity index (χ1v) is 11.3. The summed E-state index contributed by atoms with van der Waals surface area (Å²) in [7, 11) is 1.67. The van der Waals surface area contributed by atoms with Crippen LogP contribution in [0.25, 0.3) is 0 Å². The standard InChI is InChI=1S/C25H26ClNO2S/c1-4-23(20-9-14-24(29-3)17(2)15-20)27-25(28)19-7-5-18(6-8-19)16-30-22-12-10-21(26)11-13-22/h5-15,23H,4,16H2,1-3H3,(H,27,28). The molecule has 3 aromatic carbocycles. The van der Waals surface area contributed by atoms with Gasteiger partial charge in [0.25, 0.3) is 5.91 Å². The van der Waals surface area contributed by atoms with Crippen LogP contribution in [0.3, 0.4) is 0 Å². The lowest BCUT2D eigenvalue weighted by Gasteiger charge is -2.19.